The topological polar surface area (TPSA) is 47.3 Å². The van der Waals surface area contributed by atoms with Crippen molar-refractivity contribution >= 4 is 0 Å². The highest BCUT2D eigenvalue weighted by Crippen LogP contribution is 2.44. The third-order valence-electron chi connectivity index (χ3n) is 6.19. The summed E-state index contributed by atoms with van der Waals surface area (Å²) in [6.07, 6.45) is 11.6. The number of methoxy groups -OCH3 is 1. The van der Waals surface area contributed by atoms with Gasteiger partial charge in [-0.25, -0.2) is 0 Å². The summed E-state index contributed by atoms with van der Waals surface area (Å²) in [6.45, 7) is 4.69. The number of hydrogen-bond acceptors (Lipinski definition) is 3. The Labute approximate surface area is 125 Å². The second-order valence-corrected chi connectivity index (χ2v) is 7.21. The van der Waals surface area contributed by atoms with Crippen molar-refractivity contribution in [3.8, 4) is 0 Å². The van der Waals surface area contributed by atoms with Gasteiger partial charge in [0.05, 0.1) is 11.6 Å². The van der Waals surface area contributed by atoms with E-state index in [2.05, 4.69) is 19.3 Å². The maximum Gasteiger partial charge on any atom is 0.0847 e. The Morgan fingerprint density at radius 3 is 2.40 bits per heavy atom. The summed E-state index contributed by atoms with van der Waals surface area (Å²) in [5.74, 6) is 8.36. The van der Waals surface area contributed by atoms with Crippen molar-refractivity contribution in [1.29, 1.82) is 0 Å². The SMILES string of the molecule is CCC1CCCCC1C(NN)C1(OC)CCC(C)CC1. The highest BCUT2D eigenvalue weighted by atomic mass is 16.5. The van der Waals surface area contributed by atoms with Gasteiger partial charge in [0, 0.05) is 7.11 Å². The van der Waals surface area contributed by atoms with Gasteiger partial charge in [-0.3, -0.25) is 11.3 Å². The lowest BCUT2D eigenvalue weighted by molar-refractivity contribution is -0.0986. The van der Waals surface area contributed by atoms with Gasteiger partial charge in [0.2, 0.25) is 0 Å². The van der Waals surface area contributed by atoms with Crippen LogP contribution in [0.15, 0.2) is 0 Å². The monoisotopic (exact) mass is 282 g/mol. The van der Waals surface area contributed by atoms with Crippen LogP contribution in [0, 0.1) is 17.8 Å². The number of rotatable bonds is 5. The van der Waals surface area contributed by atoms with Crippen molar-refractivity contribution in [3.63, 3.8) is 0 Å². The van der Waals surface area contributed by atoms with Crippen LogP contribution in [-0.2, 0) is 4.74 Å². The molecule has 3 heteroatoms. The van der Waals surface area contributed by atoms with Gasteiger partial charge in [-0.15, -0.1) is 0 Å². The van der Waals surface area contributed by atoms with E-state index in [-0.39, 0.29) is 5.60 Å². The minimum atomic E-state index is -0.0311. The Hall–Kier alpha value is -0.120. The molecule has 0 heterocycles. The first kappa shape index (κ1) is 16.3. The highest BCUT2D eigenvalue weighted by molar-refractivity contribution is 5.00. The zero-order valence-corrected chi connectivity index (χ0v) is 13.7. The van der Waals surface area contributed by atoms with Gasteiger partial charge in [-0.1, -0.05) is 39.5 Å². The van der Waals surface area contributed by atoms with Crippen LogP contribution in [0.2, 0.25) is 0 Å². The van der Waals surface area contributed by atoms with E-state index in [9.17, 15) is 0 Å². The molecule has 0 radical (unpaired) electrons. The smallest absolute Gasteiger partial charge is 0.0847 e. The molecule has 2 saturated carbocycles. The normalized spacial score (nSPS) is 40.5. The minimum absolute atomic E-state index is 0.0311. The Kier molecular flexibility index (Phi) is 5.88. The van der Waals surface area contributed by atoms with Crippen LogP contribution in [0.3, 0.4) is 0 Å². The van der Waals surface area contributed by atoms with Crippen molar-refractivity contribution in [2.75, 3.05) is 7.11 Å². The fourth-order valence-corrected chi connectivity index (χ4v) is 4.74. The van der Waals surface area contributed by atoms with Crippen LogP contribution in [-0.4, -0.2) is 18.8 Å². The fraction of sp³-hybridized carbons (Fsp3) is 1.00. The third-order valence-corrected chi connectivity index (χ3v) is 6.19. The Balaban J connectivity index is 2.15. The maximum absolute atomic E-state index is 6.08. The molecule has 2 rings (SSSR count). The van der Waals surface area contributed by atoms with E-state index in [1.165, 1.54) is 44.9 Å². The van der Waals surface area contributed by atoms with Crippen LogP contribution in [0.4, 0.5) is 0 Å². The van der Waals surface area contributed by atoms with E-state index < -0.39 is 0 Å². The van der Waals surface area contributed by atoms with Gasteiger partial charge < -0.3 is 4.74 Å². The average Bonchev–Trinajstić information content (AvgIpc) is 2.50. The molecule has 118 valence electrons. The van der Waals surface area contributed by atoms with Crippen LogP contribution in [0.25, 0.3) is 0 Å². The van der Waals surface area contributed by atoms with Crippen molar-refractivity contribution < 1.29 is 4.74 Å². The molecule has 2 aliphatic carbocycles. The van der Waals surface area contributed by atoms with E-state index in [1.807, 2.05) is 7.11 Å². The lowest BCUT2D eigenvalue weighted by Gasteiger charge is -2.49. The summed E-state index contributed by atoms with van der Waals surface area (Å²) in [5.41, 5.74) is 3.16. The zero-order valence-electron chi connectivity index (χ0n) is 13.7. The average molecular weight is 282 g/mol. The van der Waals surface area contributed by atoms with Crippen molar-refractivity contribution in [2.45, 2.75) is 83.3 Å². The van der Waals surface area contributed by atoms with E-state index in [4.69, 9.17) is 10.6 Å². The maximum atomic E-state index is 6.08. The van der Waals surface area contributed by atoms with Gasteiger partial charge >= 0.3 is 0 Å². The number of nitrogens with one attached hydrogen (secondary N) is 1. The summed E-state index contributed by atoms with van der Waals surface area (Å²) in [7, 11) is 1.89. The van der Waals surface area contributed by atoms with Gasteiger partial charge in [0.25, 0.3) is 0 Å². The van der Waals surface area contributed by atoms with Crippen LogP contribution >= 0.6 is 0 Å². The molecule has 3 atom stereocenters. The van der Waals surface area contributed by atoms with E-state index in [0.717, 1.165) is 24.7 Å². The Morgan fingerprint density at radius 2 is 1.85 bits per heavy atom. The van der Waals surface area contributed by atoms with Crippen molar-refractivity contribution in [2.24, 2.45) is 23.6 Å². The summed E-state index contributed by atoms with van der Waals surface area (Å²) in [5, 5.41) is 0. The van der Waals surface area contributed by atoms with Crippen molar-refractivity contribution in [3.05, 3.63) is 0 Å². The molecule has 3 N–H and O–H groups in total. The summed E-state index contributed by atoms with van der Waals surface area (Å²) < 4.78 is 6.08. The summed E-state index contributed by atoms with van der Waals surface area (Å²) >= 11 is 0. The second-order valence-electron chi connectivity index (χ2n) is 7.21. The Bertz CT molecular complexity index is 287. The highest BCUT2D eigenvalue weighted by Gasteiger charge is 2.46. The van der Waals surface area contributed by atoms with E-state index in [0.29, 0.717) is 12.0 Å². The van der Waals surface area contributed by atoms with Crippen LogP contribution in [0.5, 0.6) is 0 Å². The molecule has 0 spiro atoms. The predicted molar refractivity (Wildman–Crippen MR) is 84.2 cm³/mol. The van der Waals surface area contributed by atoms with Gasteiger partial charge in [0.1, 0.15) is 0 Å². The largest absolute Gasteiger partial charge is 0.377 e. The lowest BCUT2D eigenvalue weighted by Crippen LogP contribution is -2.60. The van der Waals surface area contributed by atoms with E-state index >= 15 is 0 Å². The third kappa shape index (κ3) is 3.20. The second kappa shape index (κ2) is 7.24. The van der Waals surface area contributed by atoms with Gasteiger partial charge in [-0.2, -0.15) is 0 Å². The molecule has 0 amide bonds. The first-order valence-electron chi connectivity index (χ1n) is 8.68. The lowest BCUT2D eigenvalue weighted by atomic mass is 9.65. The molecule has 0 aromatic rings. The molecule has 2 aliphatic rings. The standard InChI is InChI=1S/C17H34N2O/c1-4-14-7-5-6-8-15(14)16(19-18)17(20-3)11-9-13(2)10-12-17/h13-16,19H,4-12,18H2,1-3H3. The molecule has 0 saturated heterocycles. The van der Waals surface area contributed by atoms with E-state index in [1.54, 1.807) is 0 Å². The number of nitrogens with two attached hydrogens (primary N) is 1. The first-order valence-corrected chi connectivity index (χ1v) is 8.68. The summed E-state index contributed by atoms with van der Waals surface area (Å²) in [6, 6.07) is 0.324. The predicted octanol–water partition coefficient (Wildman–Crippen LogP) is 3.63. The van der Waals surface area contributed by atoms with Gasteiger partial charge in [0.15, 0.2) is 0 Å². The van der Waals surface area contributed by atoms with Crippen molar-refractivity contribution in [1.82, 2.24) is 5.43 Å². The Morgan fingerprint density at radius 1 is 1.20 bits per heavy atom. The molecule has 0 aromatic heterocycles. The molecule has 3 unspecified atom stereocenters. The molecule has 3 nitrogen and oxygen atoms in total. The van der Waals surface area contributed by atoms with Gasteiger partial charge in [-0.05, 0) is 49.9 Å². The molecule has 2 fully saturated rings. The number of hydrogen-bond donors (Lipinski definition) is 2. The molecular formula is C17H34N2O. The fourth-order valence-electron chi connectivity index (χ4n) is 4.74. The minimum Gasteiger partial charge on any atom is -0.377 e. The molecule has 0 aliphatic heterocycles. The molecule has 0 bridgehead atoms. The van der Waals surface area contributed by atoms with Crippen LogP contribution < -0.4 is 11.3 Å². The quantitative estimate of drug-likeness (QED) is 0.598. The molecule has 0 aromatic carbocycles. The summed E-state index contributed by atoms with van der Waals surface area (Å²) in [4.78, 5) is 0. The molecular weight excluding hydrogens is 248 g/mol. The number of ether oxygens (including phenoxy) is 1. The molecule has 20 heavy (non-hydrogen) atoms. The number of hydrazine groups is 1. The zero-order chi connectivity index (χ0) is 14.6. The first-order chi connectivity index (χ1) is 9.66. The van der Waals surface area contributed by atoms with Crippen LogP contribution in [0.1, 0.15) is 71.6 Å².